The number of nitrogens with one attached hydrogen (secondary N) is 1. The Bertz CT molecular complexity index is 1260. The van der Waals surface area contributed by atoms with Crippen LogP contribution >= 0.6 is 0 Å². The molecule has 0 saturated carbocycles. The first-order chi connectivity index (χ1) is 16.2. The number of para-hydroxylation sites is 1. The smallest absolute Gasteiger partial charge is 0.269 e. The zero-order chi connectivity index (χ0) is 24.6. The summed E-state index contributed by atoms with van der Waals surface area (Å²) in [5.41, 5.74) is 4.20. The van der Waals surface area contributed by atoms with Gasteiger partial charge in [-0.1, -0.05) is 18.2 Å². The molecule has 10 nitrogen and oxygen atoms in total. The lowest BCUT2D eigenvalue weighted by atomic mass is 10.2. The van der Waals surface area contributed by atoms with Crippen molar-refractivity contribution >= 4 is 33.5 Å². The van der Waals surface area contributed by atoms with E-state index in [9.17, 15) is 23.3 Å². The lowest BCUT2D eigenvalue weighted by molar-refractivity contribution is -0.384. The number of benzene rings is 3. The van der Waals surface area contributed by atoms with E-state index in [-0.39, 0.29) is 12.3 Å². The lowest BCUT2D eigenvalue weighted by Crippen LogP contribution is -2.38. The number of nitrogens with zero attached hydrogens (tertiary/aromatic N) is 3. The molecule has 0 fully saturated rings. The summed E-state index contributed by atoms with van der Waals surface area (Å²) in [7, 11) is -3.65. The number of nitro benzene ring substituents is 1. The summed E-state index contributed by atoms with van der Waals surface area (Å²) in [6.45, 7) is -0.157. The predicted molar refractivity (Wildman–Crippen MR) is 128 cm³/mol. The SMILES string of the molecule is CS(=O)(=O)N(CC(=O)N/N=C\c1ccc(OCc2ccc([N+](=O)[O-])cc2)cc1)c1ccccc1. The highest BCUT2D eigenvalue weighted by molar-refractivity contribution is 7.92. The van der Waals surface area contributed by atoms with E-state index in [1.54, 1.807) is 66.7 Å². The average Bonchev–Trinajstić information content (AvgIpc) is 2.82. The predicted octanol–water partition coefficient (Wildman–Crippen LogP) is 3.09. The maximum Gasteiger partial charge on any atom is 0.269 e. The van der Waals surface area contributed by atoms with Crippen molar-refractivity contribution in [2.45, 2.75) is 6.61 Å². The summed E-state index contributed by atoms with van der Waals surface area (Å²) in [4.78, 5) is 22.4. The molecule has 1 amide bonds. The van der Waals surface area contributed by atoms with Gasteiger partial charge in [0.05, 0.1) is 23.1 Å². The molecule has 0 heterocycles. The van der Waals surface area contributed by atoms with Crippen LogP contribution in [-0.4, -0.2) is 38.3 Å². The Morgan fingerprint density at radius 3 is 2.29 bits per heavy atom. The first-order valence-electron chi connectivity index (χ1n) is 10.0. The number of hydrogen-bond donors (Lipinski definition) is 1. The third kappa shape index (κ3) is 7.14. The van der Waals surface area contributed by atoms with Crippen LogP contribution in [-0.2, 0) is 21.4 Å². The van der Waals surface area contributed by atoms with E-state index in [1.807, 2.05) is 0 Å². The molecule has 34 heavy (non-hydrogen) atoms. The van der Waals surface area contributed by atoms with Gasteiger partial charge in [-0.15, -0.1) is 0 Å². The molecular formula is C23H22N4O6S. The van der Waals surface area contributed by atoms with Crippen molar-refractivity contribution in [3.63, 3.8) is 0 Å². The number of sulfonamides is 1. The van der Waals surface area contributed by atoms with Crippen LogP contribution in [0.3, 0.4) is 0 Å². The van der Waals surface area contributed by atoms with Crippen molar-refractivity contribution < 1.29 is 22.9 Å². The van der Waals surface area contributed by atoms with E-state index in [1.165, 1.54) is 18.3 Å². The molecule has 0 saturated heterocycles. The number of non-ortho nitro benzene ring substituents is 1. The van der Waals surface area contributed by atoms with Crippen molar-refractivity contribution in [1.82, 2.24) is 5.43 Å². The van der Waals surface area contributed by atoms with Gasteiger partial charge in [0.15, 0.2) is 0 Å². The minimum absolute atomic E-state index is 0.0172. The minimum Gasteiger partial charge on any atom is -0.489 e. The molecule has 1 N–H and O–H groups in total. The Balaban J connectivity index is 1.51. The van der Waals surface area contributed by atoms with Crippen molar-refractivity contribution in [2.75, 3.05) is 17.1 Å². The average molecular weight is 483 g/mol. The normalized spacial score (nSPS) is 11.2. The first kappa shape index (κ1) is 24.4. The zero-order valence-corrected chi connectivity index (χ0v) is 19.0. The van der Waals surface area contributed by atoms with Gasteiger partial charge in [-0.3, -0.25) is 19.2 Å². The van der Waals surface area contributed by atoms with Gasteiger partial charge < -0.3 is 4.74 Å². The summed E-state index contributed by atoms with van der Waals surface area (Å²) >= 11 is 0. The minimum atomic E-state index is -3.65. The van der Waals surface area contributed by atoms with Crippen molar-refractivity contribution in [3.8, 4) is 5.75 Å². The molecule has 3 rings (SSSR count). The van der Waals surface area contributed by atoms with Gasteiger partial charge in [-0.25, -0.2) is 13.8 Å². The lowest BCUT2D eigenvalue weighted by Gasteiger charge is -2.21. The van der Waals surface area contributed by atoms with E-state index >= 15 is 0 Å². The second-order valence-corrected chi connectivity index (χ2v) is 9.09. The molecule has 0 aliphatic carbocycles. The van der Waals surface area contributed by atoms with Crippen LogP contribution in [0, 0.1) is 10.1 Å². The van der Waals surface area contributed by atoms with Crippen molar-refractivity contribution in [1.29, 1.82) is 0 Å². The number of anilines is 1. The van der Waals surface area contributed by atoms with Gasteiger partial charge in [0, 0.05) is 12.1 Å². The molecular weight excluding hydrogens is 460 g/mol. The Hall–Kier alpha value is -4.25. The van der Waals surface area contributed by atoms with E-state index in [2.05, 4.69) is 10.5 Å². The topological polar surface area (TPSA) is 131 Å². The van der Waals surface area contributed by atoms with Crippen LogP contribution in [0.1, 0.15) is 11.1 Å². The van der Waals surface area contributed by atoms with E-state index in [0.29, 0.717) is 17.0 Å². The Morgan fingerprint density at radius 2 is 1.71 bits per heavy atom. The zero-order valence-electron chi connectivity index (χ0n) is 18.2. The first-order valence-corrected chi connectivity index (χ1v) is 11.9. The van der Waals surface area contributed by atoms with Crippen LogP contribution in [0.4, 0.5) is 11.4 Å². The summed E-state index contributed by atoms with van der Waals surface area (Å²) in [6, 6.07) is 21.3. The number of carbonyl (C=O) groups is 1. The quantitative estimate of drug-likeness (QED) is 0.268. The third-order valence-corrected chi connectivity index (χ3v) is 5.71. The molecule has 0 aliphatic heterocycles. The third-order valence-electron chi connectivity index (χ3n) is 4.57. The Kier molecular flexibility index (Phi) is 7.93. The van der Waals surface area contributed by atoms with Crippen LogP contribution in [0.25, 0.3) is 0 Å². The highest BCUT2D eigenvalue weighted by Gasteiger charge is 2.20. The highest BCUT2D eigenvalue weighted by Crippen LogP contribution is 2.17. The largest absolute Gasteiger partial charge is 0.489 e. The van der Waals surface area contributed by atoms with Crippen molar-refractivity contribution in [3.05, 3.63) is 100 Å². The van der Waals surface area contributed by atoms with Crippen LogP contribution < -0.4 is 14.5 Å². The summed E-state index contributed by atoms with van der Waals surface area (Å²) < 4.78 is 30.8. The number of amides is 1. The number of rotatable bonds is 10. The molecule has 3 aromatic carbocycles. The molecule has 0 radical (unpaired) electrons. The fraction of sp³-hybridized carbons (Fsp3) is 0.130. The standard InChI is InChI=1S/C23H22N4O6S/c1-34(31,32)26(20-5-3-2-4-6-20)16-23(28)25-24-15-18-9-13-22(14-10-18)33-17-19-7-11-21(12-8-19)27(29)30/h2-15H,16-17H2,1H3,(H,25,28)/b24-15-. The van der Waals surface area contributed by atoms with Gasteiger partial charge in [0.2, 0.25) is 10.0 Å². The summed E-state index contributed by atoms with van der Waals surface area (Å²) in [5, 5.41) is 14.6. The second kappa shape index (κ2) is 11.1. The fourth-order valence-corrected chi connectivity index (χ4v) is 3.73. The fourth-order valence-electron chi connectivity index (χ4n) is 2.87. The monoisotopic (exact) mass is 482 g/mol. The summed E-state index contributed by atoms with van der Waals surface area (Å²) in [6.07, 6.45) is 2.45. The molecule has 0 aliphatic rings. The number of ether oxygens (including phenoxy) is 1. The number of carbonyl (C=O) groups excluding carboxylic acids is 1. The van der Waals surface area contributed by atoms with Crippen molar-refractivity contribution in [2.24, 2.45) is 5.10 Å². The molecule has 176 valence electrons. The maximum atomic E-state index is 12.2. The molecule has 0 atom stereocenters. The van der Waals surface area contributed by atoms with Gasteiger partial charge in [-0.05, 0) is 59.7 Å². The van der Waals surface area contributed by atoms with Crippen LogP contribution in [0.15, 0.2) is 84.0 Å². The number of nitro groups is 1. The van der Waals surface area contributed by atoms with Crippen LogP contribution in [0.2, 0.25) is 0 Å². The van der Waals surface area contributed by atoms with Gasteiger partial charge >= 0.3 is 0 Å². The molecule has 3 aromatic rings. The number of hydrazone groups is 1. The second-order valence-electron chi connectivity index (χ2n) is 7.18. The van der Waals surface area contributed by atoms with Gasteiger partial charge in [0.1, 0.15) is 18.9 Å². The molecule has 11 heteroatoms. The van der Waals surface area contributed by atoms with E-state index in [0.717, 1.165) is 16.1 Å². The number of hydrogen-bond acceptors (Lipinski definition) is 7. The molecule has 0 bridgehead atoms. The Morgan fingerprint density at radius 1 is 1.06 bits per heavy atom. The molecule has 0 aromatic heterocycles. The molecule has 0 unspecified atom stereocenters. The maximum absolute atomic E-state index is 12.2. The van der Waals surface area contributed by atoms with Crippen LogP contribution in [0.5, 0.6) is 5.75 Å². The van der Waals surface area contributed by atoms with Gasteiger partial charge in [-0.2, -0.15) is 5.10 Å². The van der Waals surface area contributed by atoms with E-state index < -0.39 is 27.4 Å². The molecule has 0 spiro atoms. The van der Waals surface area contributed by atoms with Gasteiger partial charge in [0.25, 0.3) is 11.6 Å². The Labute approximate surface area is 196 Å². The van der Waals surface area contributed by atoms with E-state index in [4.69, 9.17) is 4.74 Å². The highest BCUT2D eigenvalue weighted by atomic mass is 32.2. The summed E-state index contributed by atoms with van der Waals surface area (Å²) in [5.74, 6) is -0.000210.